The lowest BCUT2D eigenvalue weighted by Crippen LogP contribution is -2.18. The molecule has 0 fully saturated rings. The van der Waals surface area contributed by atoms with Gasteiger partial charge in [0.25, 0.3) is 0 Å². The Hall–Kier alpha value is -2.48. The third-order valence-corrected chi connectivity index (χ3v) is 5.31. The number of benzene rings is 1. The largest absolute Gasteiger partial charge is 0.507 e. The van der Waals surface area contributed by atoms with E-state index in [-0.39, 0.29) is 5.75 Å². The molecule has 1 unspecified atom stereocenters. The van der Waals surface area contributed by atoms with E-state index in [1.807, 2.05) is 7.05 Å². The van der Waals surface area contributed by atoms with Crippen molar-refractivity contribution in [3.63, 3.8) is 0 Å². The number of unbranched alkanes of at least 4 members (excludes halogenated alkanes) is 3. The van der Waals surface area contributed by atoms with Crippen LogP contribution in [-0.4, -0.2) is 20.7 Å². The molecule has 1 aliphatic carbocycles. The molecule has 1 heterocycles. The number of hydrogen-bond acceptors (Lipinski definition) is 3. The first-order valence-corrected chi connectivity index (χ1v) is 8.97. The molecule has 1 aliphatic rings. The van der Waals surface area contributed by atoms with Gasteiger partial charge in [0, 0.05) is 24.5 Å². The van der Waals surface area contributed by atoms with Crippen molar-refractivity contribution in [2.75, 3.05) is 0 Å². The third kappa shape index (κ3) is 3.21. The van der Waals surface area contributed by atoms with Gasteiger partial charge in [0.2, 0.25) is 0 Å². The molecular weight excluding hydrogens is 316 g/mol. The summed E-state index contributed by atoms with van der Waals surface area (Å²) in [5, 5.41) is 29.5. The number of aryl methyl sites for hydroxylation is 2. The van der Waals surface area contributed by atoms with Crippen LogP contribution in [0.5, 0.6) is 5.75 Å². The van der Waals surface area contributed by atoms with Gasteiger partial charge in [-0.25, -0.2) is 0 Å². The van der Waals surface area contributed by atoms with E-state index in [4.69, 9.17) is 5.26 Å². The number of aromatic nitrogens is 1. The number of phenols is 1. The zero-order valence-corrected chi connectivity index (χ0v) is 14.6. The quantitative estimate of drug-likeness (QED) is 0.778. The van der Waals surface area contributed by atoms with Crippen molar-refractivity contribution in [3.05, 3.63) is 29.0 Å². The minimum atomic E-state index is -0.811. The van der Waals surface area contributed by atoms with Gasteiger partial charge in [-0.2, -0.15) is 5.26 Å². The number of aliphatic carboxylic acids is 1. The number of phenolic OH excluding ortho intramolecular Hbond substituents is 1. The Bertz CT molecular complexity index is 845. The van der Waals surface area contributed by atoms with Crippen LogP contribution in [-0.2, 0) is 24.7 Å². The summed E-state index contributed by atoms with van der Waals surface area (Å²) in [5.74, 6) is -1.15. The molecule has 25 heavy (non-hydrogen) atoms. The van der Waals surface area contributed by atoms with E-state index >= 15 is 0 Å². The number of hydrogen-bond donors (Lipinski definition) is 2. The van der Waals surface area contributed by atoms with Crippen molar-refractivity contribution in [2.24, 2.45) is 7.05 Å². The molecule has 132 valence electrons. The summed E-state index contributed by atoms with van der Waals surface area (Å²) in [4.78, 5) is 11.7. The van der Waals surface area contributed by atoms with Gasteiger partial charge in [0.05, 0.1) is 17.5 Å². The molecule has 0 radical (unpaired) electrons. The van der Waals surface area contributed by atoms with Crippen LogP contribution < -0.4 is 0 Å². The molecule has 0 amide bonds. The van der Waals surface area contributed by atoms with Gasteiger partial charge >= 0.3 is 5.97 Å². The molecule has 1 aromatic carbocycles. The maximum absolute atomic E-state index is 11.7. The summed E-state index contributed by atoms with van der Waals surface area (Å²) in [7, 11) is 1.96. The number of carboxylic acids is 1. The van der Waals surface area contributed by atoms with Crippen molar-refractivity contribution < 1.29 is 15.0 Å². The molecule has 1 aromatic heterocycles. The summed E-state index contributed by atoms with van der Waals surface area (Å²) < 4.78 is 2.05. The smallest absolute Gasteiger partial charge is 0.311 e. The summed E-state index contributed by atoms with van der Waals surface area (Å²) in [6.07, 6.45) is 6.67. The molecule has 5 nitrogen and oxygen atoms in total. The van der Waals surface area contributed by atoms with Gasteiger partial charge in [0.15, 0.2) is 0 Å². The molecular formula is C20H24N2O3. The van der Waals surface area contributed by atoms with Gasteiger partial charge in [-0.05, 0) is 61.8 Å². The van der Waals surface area contributed by atoms with Gasteiger partial charge in [-0.3, -0.25) is 4.79 Å². The summed E-state index contributed by atoms with van der Waals surface area (Å²) in [6, 6.07) is 6.01. The van der Waals surface area contributed by atoms with Gasteiger partial charge < -0.3 is 14.8 Å². The van der Waals surface area contributed by atoms with E-state index in [1.165, 1.54) is 0 Å². The molecule has 1 atom stereocenters. The van der Waals surface area contributed by atoms with Gasteiger partial charge in [0.1, 0.15) is 5.75 Å². The minimum absolute atomic E-state index is 0.189. The van der Waals surface area contributed by atoms with E-state index in [1.54, 1.807) is 6.07 Å². The second kappa shape index (κ2) is 7.18. The van der Waals surface area contributed by atoms with Gasteiger partial charge in [-0.15, -0.1) is 0 Å². The maximum Gasteiger partial charge on any atom is 0.311 e. The van der Waals surface area contributed by atoms with Crippen molar-refractivity contribution in [1.82, 2.24) is 4.57 Å². The van der Waals surface area contributed by atoms with E-state index in [2.05, 4.69) is 16.7 Å². The lowest BCUT2D eigenvalue weighted by molar-refractivity contribution is -0.139. The van der Waals surface area contributed by atoms with Crippen LogP contribution in [0.1, 0.15) is 61.3 Å². The first-order chi connectivity index (χ1) is 12.0. The highest BCUT2D eigenvalue weighted by atomic mass is 16.4. The van der Waals surface area contributed by atoms with E-state index < -0.39 is 11.9 Å². The summed E-state index contributed by atoms with van der Waals surface area (Å²) in [5.41, 5.74) is 3.82. The van der Waals surface area contributed by atoms with Crippen molar-refractivity contribution in [3.8, 4) is 11.8 Å². The number of nitrogens with zero attached hydrogens (tertiary/aromatic N) is 2. The Balaban J connectivity index is 1.95. The van der Waals surface area contributed by atoms with Crippen molar-refractivity contribution in [2.45, 2.75) is 57.3 Å². The van der Waals surface area contributed by atoms with Crippen LogP contribution in [0, 0.1) is 11.3 Å². The second-order valence-corrected chi connectivity index (χ2v) is 6.93. The topological polar surface area (TPSA) is 86.3 Å². The Labute approximate surface area is 147 Å². The fourth-order valence-corrected chi connectivity index (χ4v) is 4.08. The molecule has 0 spiro atoms. The Morgan fingerprint density at radius 2 is 2.16 bits per heavy atom. The lowest BCUT2D eigenvalue weighted by atomic mass is 9.85. The zero-order valence-electron chi connectivity index (χ0n) is 14.6. The molecule has 3 rings (SSSR count). The normalized spacial score (nSPS) is 16.6. The van der Waals surface area contributed by atoms with Gasteiger partial charge in [-0.1, -0.05) is 6.42 Å². The second-order valence-electron chi connectivity index (χ2n) is 6.93. The molecule has 0 saturated heterocycles. The fraction of sp³-hybridized carbons (Fsp3) is 0.500. The first kappa shape index (κ1) is 17.3. The van der Waals surface area contributed by atoms with Crippen LogP contribution in [0.4, 0.5) is 0 Å². The van der Waals surface area contributed by atoms with Crippen LogP contribution >= 0.6 is 0 Å². The van der Waals surface area contributed by atoms with Crippen molar-refractivity contribution in [1.29, 1.82) is 5.26 Å². The van der Waals surface area contributed by atoms with Crippen LogP contribution in [0.25, 0.3) is 10.9 Å². The average molecular weight is 340 g/mol. The molecule has 2 N–H and O–H groups in total. The highest BCUT2D eigenvalue weighted by Gasteiger charge is 2.32. The fourth-order valence-electron chi connectivity index (χ4n) is 4.08. The summed E-state index contributed by atoms with van der Waals surface area (Å²) in [6.45, 7) is 0. The molecule has 0 saturated carbocycles. The molecule has 5 heteroatoms. The first-order valence-electron chi connectivity index (χ1n) is 8.97. The van der Waals surface area contributed by atoms with Crippen LogP contribution in [0.3, 0.4) is 0 Å². The highest BCUT2D eigenvalue weighted by Crippen LogP contribution is 2.43. The Morgan fingerprint density at radius 1 is 1.36 bits per heavy atom. The Morgan fingerprint density at radius 3 is 2.88 bits per heavy atom. The number of rotatable bonds is 6. The average Bonchev–Trinajstić information content (AvgIpc) is 2.88. The molecule has 2 aromatic rings. The molecule has 0 bridgehead atoms. The number of aromatic hydroxyl groups is 1. The standard InChI is InChI=1S/C20H24N2O3/c1-22-15-9-6-8-14(20(24)25)18(15)19-16(22)11-13(12-17(19)23)7-4-2-3-5-10-21/h11-12,14,23H,2-9H2,1H3,(H,24,25). The molecule has 0 aliphatic heterocycles. The van der Waals surface area contributed by atoms with Crippen LogP contribution in [0.2, 0.25) is 0 Å². The SMILES string of the molecule is Cn1c2c(c3c(O)cc(CCCCCC#N)cc31)C(C(=O)O)CCC2. The van der Waals surface area contributed by atoms with Crippen molar-refractivity contribution >= 4 is 16.9 Å². The number of fused-ring (bicyclic) bond motifs is 3. The number of nitriles is 1. The third-order valence-electron chi connectivity index (χ3n) is 5.31. The monoisotopic (exact) mass is 340 g/mol. The highest BCUT2D eigenvalue weighted by molar-refractivity contribution is 5.96. The zero-order chi connectivity index (χ0) is 18.0. The predicted octanol–water partition coefficient (Wildman–Crippen LogP) is 4.01. The lowest BCUT2D eigenvalue weighted by Gasteiger charge is -2.20. The van der Waals surface area contributed by atoms with E-state index in [0.29, 0.717) is 18.2 Å². The minimum Gasteiger partial charge on any atom is -0.507 e. The maximum atomic E-state index is 11.7. The van der Waals surface area contributed by atoms with E-state index in [0.717, 1.165) is 60.9 Å². The number of carbonyl (C=O) groups is 1. The number of carboxylic acid groups (broad SMARTS) is 1. The van der Waals surface area contributed by atoms with Crippen LogP contribution in [0.15, 0.2) is 12.1 Å². The Kier molecular flexibility index (Phi) is 4.98. The summed E-state index contributed by atoms with van der Waals surface area (Å²) >= 11 is 0. The van der Waals surface area contributed by atoms with E-state index in [9.17, 15) is 15.0 Å². The predicted molar refractivity (Wildman–Crippen MR) is 95.7 cm³/mol.